The topological polar surface area (TPSA) is 9.23 Å². The predicted molar refractivity (Wildman–Crippen MR) is 53.6 cm³/mol. The number of ether oxygens (including phenoxy) is 1. The van der Waals surface area contributed by atoms with Crippen molar-refractivity contribution in [2.75, 3.05) is 0 Å². The fourth-order valence-electron chi connectivity index (χ4n) is 0.685. The lowest BCUT2D eigenvalue weighted by atomic mass is 10.3. The van der Waals surface area contributed by atoms with Gasteiger partial charge in [-0.3, -0.25) is 0 Å². The first-order valence-electron chi connectivity index (χ1n) is 2.92. The van der Waals surface area contributed by atoms with E-state index in [1.807, 2.05) is 6.11 Å². The van der Waals surface area contributed by atoms with Gasteiger partial charge in [0.05, 0.1) is 10.0 Å². The first kappa shape index (κ1) is 9.73. The van der Waals surface area contributed by atoms with Gasteiger partial charge < -0.3 is 4.74 Å². The largest absolute Gasteiger partial charge is 0.405 e. The molecular weight excluding hydrogens is 263 g/mol. The maximum Gasteiger partial charge on any atom is 0.177 e. The van der Waals surface area contributed by atoms with Gasteiger partial charge in [-0.15, -0.1) is 0 Å². The van der Waals surface area contributed by atoms with Crippen molar-refractivity contribution in [3.05, 3.63) is 26.7 Å². The molecule has 0 aliphatic carbocycles. The fourth-order valence-corrected chi connectivity index (χ4v) is 1.97. The molecular formula is C8H3BrCl2O. The quantitative estimate of drug-likeness (QED) is 0.704. The summed E-state index contributed by atoms with van der Waals surface area (Å²) in [4.78, 5) is 0. The van der Waals surface area contributed by atoms with Crippen molar-refractivity contribution in [3.63, 3.8) is 0 Å². The molecule has 0 unspecified atom stereocenters. The summed E-state index contributed by atoms with van der Waals surface area (Å²) >= 11 is 14.8. The van der Waals surface area contributed by atoms with Gasteiger partial charge in [0.25, 0.3) is 0 Å². The zero-order valence-corrected chi connectivity index (χ0v) is 8.87. The Hall–Kier alpha value is -0.360. The Kier molecular flexibility index (Phi) is 3.28. The SMILES string of the molecule is C#COc1c(Cl)cc(Br)cc1Cl. The smallest absolute Gasteiger partial charge is 0.177 e. The second-order valence-corrected chi connectivity index (χ2v) is 3.65. The zero-order valence-electron chi connectivity index (χ0n) is 5.77. The lowest BCUT2D eigenvalue weighted by molar-refractivity contribution is 0.521. The van der Waals surface area contributed by atoms with Crippen LogP contribution >= 0.6 is 39.1 Å². The van der Waals surface area contributed by atoms with E-state index >= 15 is 0 Å². The summed E-state index contributed by atoms with van der Waals surface area (Å²) in [5.74, 6) is 0.309. The molecule has 4 heteroatoms. The molecule has 0 aliphatic rings. The standard InChI is InChI=1S/C8H3BrCl2O/c1-2-12-8-6(10)3-5(9)4-7(8)11/h1,3-4H. The number of hydrogen-bond acceptors (Lipinski definition) is 1. The summed E-state index contributed by atoms with van der Waals surface area (Å²) in [7, 11) is 0. The molecule has 1 rings (SSSR count). The van der Waals surface area contributed by atoms with Crippen molar-refractivity contribution in [1.29, 1.82) is 0 Å². The highest BCUT2D eigenvalue weighted by atomic mass is 79.9. The third-order valence-electron chi connectivity index (χ3n) is 1.12. The Balaban J connectivity index is 3.21. The minimum absolute atomic E-state index is 0.309. The van der Waals surface area contributed by atoms with Crippen molar-refractivity contribution in [2.24, 2.45) is 0 Å². The van der Waals surface area contributed by atoms with Crippen molar-refractivity contribution < 1.29 is 4.74 Å². The van der Waals surface area contributed by atoms with E-state index in [-0.39, 0.29) is 0 Å². The van der Waals surface area contributed by atoms with Crippen LogP contribution in [0.4, 0.5) is 0 Å². The maximum absolute atomic E-state index is 5.78. The molecule has 1 aromatic carbocycles. The highest BCUT2D eigenvalue weighted by molar-refractivity contribution is 9.10. The summed E-state index contributed by atoms with van der Waals surface area (Å²) in [6, 6.07) is 3.31. The number of terminal acetylenes is 1. The summed E-state index contributed by atoms with van der Waals surface area (Å²) < 4.78 is 5.54. The molecule has 0 aromatic heterocycles. The average Bonchev–Trinajstić information content (AvgIpc) is 1.96. The second kappa shape index (κ2) is 4.04. The lowest BCUT2D eigenvalue weighted by Crippen LogP contribution is -1.84. The first-order chi connectivity index (χ1) is 5.65. The van der Waals surface area contributed by atoms with E-state index in [1.54, 1.807) is 12.1 Å². The molecule has 0 saturated heterocycles. The van der Waals surface area contributed by atoms with E-state index in [2.05, 4.69) is 15.9 Å². The van der Waals surface area contributed by atoms with Gasteiger partial charge in [-0.1, -0.05) is 45.6 Å². The van der Waals surface area contributed by atoms with Crippen LogP contribution in [0.15, 0.2) is 16.6 Å². The number of rotatable bonds is 1. The molecule has 0 aliphatic heterocycles. The molecule has 0 saturated carbocycles. The molecule has 12 heavy (non-hydrogen) atoms. The average molecular weight is 266 g/mol. The fraction of sp³-hybridized carbons (Fsp3) is 0. The van der Waals surface area contributed by atoms with E-state index in [4.69, 9.17) is 34.4 Å². The maximum atomic E-state index is 5.78. The van der Waals surface area contributed by atoms with Crippen LogP contribution in [0.1, 0.15) is 0 Å². The summed E-state index contributed by atoms with van der Waals surface area (Å²) in [6.45, 7) is 0. The van der Waals surface area contributed by atoms with Crippen LogP contribution in [0.3, 0.4) is 0 Å². The van der Waals surface area contributed by atoms with E-state index in [0.29, 0.717) is 15.8 Å². The van der Waals surface area contributed by atoms with Crippen molar-refractivity contribution >= 4 is 39.1 Å². The molecule has 62 valence electrons. The minimum atomic E-state index is 0.309. The Labute approximate surface area is 88.7 Å². The van der Waals surface area contributed by atoms with Crippen molar-refractivity contribution in [3.8, 4) is 18.3 Å². The summed E-state index contributed by atoms with van der Waals surface area (Å²) in [5.41, 5.74) is 0. The Morgan fingerprint density at radius 1 is 1.33 bits per heavy atom. The Bertz CT molecular complexity index is 320. The molecule has 0 spiro atoms. The van der Waals surface area contributed by atoms with E-state index in [0.717, 1.165) is 4.47 Å². The van der Waals surface area contributed by atoms with Gasteiger partial charge >= 0.3 is 0 Å². The van der Waals surface area contributed by atoms with E-state index in [1.165, 1.54) is 0 Å². The van der Waals surface area contributed by atoms with Crippen LogP contribution in [-0.2, 0) is 0 Å². The van der Waals surface area contributed by atoms with E-state index in [9.17, 15) is 0 Å². The van der Waals surface area contributed by atoms with Crippen LogP contribution in [0, 0.1) is 12.5 Å². The van der Waals surface area contributed by atoms with Gasteiger partial charge in [0.1, 0.15) is 6.11 Å². The van der Waals surface area contributed by atoms with Gasteiger partial charge in [0.2, 0.25) is 0 Å². The normalized spacial score (nSPS) is 9.17. The molecule has 0 heterocycles. The van der Waals surface area contributed by atoms with Crippen LogP contribution < -0.4 is 4.74 Å². The van der Waals surface area contributed by atoms with Crippen LogP contribution in [0.5, 0.6) is 5.75 Å². The number of hydrogen-bond donors (Lipinski definition) is 0. The molecule has 0 fully saturated rings. The van der Waals surface area contributed by atoms with Gasteiger partial charge in [0.15, 0.2) is 5.75 Å². The van der Waals surface area contributed by atoms with Gasteiger partial charge in [0, 0.05) is 4.47 Å². The number of benzene rings is 1. The monoisotopic (exact) mass is 264 g/mol. The molecule has 1 nitrogen and oxygen atoms in total. The molecule has 0 amide bonds. The molecule has 0 radical (unpaired) electrons. The Morgan fingerprint density at radius 2 is 1.83 bits per heavy atom. The van der Waals surface area contributed by atoms with Gasteiger partial charge in [-0.05, 0) is 12.1 Å². The highest BCUT2D eigenvalue weighted by Gasteiger charge is 2.07. The summed E-state index contributed by atoms with van der Waals surface area (Å²) in [6.07, 6.45) is 6.94. The Morgan fingerprint density at radius 3 is 2.25 bits per heavy atom. The third kappa shape index (κ3) is 2.07. The number of halogens is 3. The predicted octanol–water partition coefficient (Wildman–Crippen LogP) is 3.73. The van der Waals surface area contributed by atoms with Crippen LogP contribution in [-0.4, -0.2) is 0 Å². The third-order valence-corrected chi connectivity index (χ3v) is 2.14. The van der Waals surface area contributed by atoms with Crippen LogP contribution in [0.25, 0.3) is 0 Å². The molecule has 0 atom stereocenters. The summed E-state index contributed by atoms with van der Waals surface area (Å²) in [5, 5.41) is 0.764. The van der Waals surface area contributed by atoms with Gasteiger partial charge in [-0.25, -0.2) is 0 Å². The molecule has 0 bridgehead atoms. The molecule has 1 aromatic rings. The van der Waals surface area contributed by atoms with Gasteiger partial charge in [-0.2, -0.15) is 0 Å². The van der Waals surface area contributed by atoms with Crippen molar-refractivity contribution in [1.82, 2.24) is 0 Å². The van der Waals surface area contributed by atoms with Crippen molar-refractivity contribution in [2.45, 2.75) is 0 Å². The van der Waals surface area contributed by atoms with Crippen LogP contribution in [0.2, 0.25) is 10.0 Å². The van der Waals surface area contributed by atoms with E-state index < -0.39 is 0 Å². The zero-order chi connectivity index (χ0) is 9.14. The highest BCUT2D eigenvalue weighted by Crippen LogP contribution is 2.35. The first-order valence-corrected chi connectivity index (χ1v) is 4.47. The molecule has 0 N–H and O–H groups in total. The minimum Gasteiger partial charge on any atom is -0.405 e. The second-order valence-electron chi connectivity index (χ2n) is 1.92. The lowest BCUT2D eigenvalue weighted by Gasteiger charge is -2.03.